The molecule has 0 spiro atoms. The van der Waals surface area contributed by atoms with E-state index in [1.165, 1.54) is 43.4 Å². The molecule has 0 radical (unpaired) electrons. The number of hydrogen-bond donors (Lipinski definition) is 1. The number of fused-ring (bicyclic) bond motifs is 1. The van der Waals surface area contributed by atoms with Crippen LogP contribution in [0.5, 0.6) is 0 Å². The van der Waals surface area contributed by atoms with E-state index in [-0.39, 0.29) is 0 Å². The lowest BCUT2D eigenvalue weighted by Crippen LogP contribution is -2.45. The van der Waals surface area contributed by atoms with E-state index < -0.39 is 0 Å². The van der Waals surface area contributed by atoms with Crippen LogP contribution in [-0.4, -0.2) is 29.1 Å². The molecule has 3 rings (SSSR count). The van der Waals surface area contributed by atoms with Gasteiger partial charge in [0.05, 0.1) is 0 Å². The maximum Gasteiger partial charge on any atom is 0.225 e. The largest absolute Gasteiger partial charge is 0.337 e. The molecule has 1 saturated heterocycles. The molecular formula is C16H26N4. The SMILES string of the molecule is CCC1CCc2nc(N3CCCCC3CN)ncc2C1. The van der Waals surface area contributed by atoms with Crippen LogP contribution < -0.4 is 10.6 Å². The summed E-state index contributed by atoms with van der Waals surface area (Å²) in [6.07, 6.45) is 10.6. The van der Waals surface area contributed by atoms with Gasteiger partial charge in [-0.1, -0.05) is 13.3 Å². The number of anilines is 1. The molecule has 4 nitrogen and oxygen atoms in total. The minimum atomic E-state index is 0.425. The van der Waals surface area contributed by atoms with Crippen LogP contribution in [0, 0.1) is 5.92 Å². The van der Waals surface area contributed by atoms with E-state index in [1.54, 1.807) is 0 Å². The summed E-state index contributed by atoms with van der Waals surface area (Å²) in [5.74, 6) is 1.73. The zero-order valence-corrected chi connectivity index (χ0v) is 12.5. The first-order valence-corrected chi connectivity index (χ1v) is 8.13. The first-order chi connectivity index (χ1) is 9.81. The van der Waals surface area contributed by atoms with Gasteiger partial charge in [-0.15, -0.1) is 0 Å². The van der Waals surface area contributed by atoms with Gasteiger partial charge < -0.3 is 10.6 Å². The highest BCUT2D eigenvalue weighted by molar-refractivity contribution is 5.36. The van der Waals surface area contributed by atoms with Gasteiger partial charge in [0, 0.05) is 31.0 Å². The average molecular weight is 274 g/mol. The van der Waals surface area contributed by atoms with Gasteiger partial charge >= 0.3 is 0 Å². The third kappa shape index (κ3) is 2.66. The van der Waals surface area contributed by atoms with Crippen LogP contribution in [-0.2, 0) is 12.8 Å². The van der Waals surface area contributed by atoms with E-state index in [0.717, 1.165) is 31.3 Å². The summed E-state index contributed by atoms with van der Waals surface area (Å²) in [7, 11) is 0. The Bertz CT molecular complexity index is 460. The third-order valence-electron chi connectivity index (χ3n) is 4.97. The number of piperidine rings is 1. The topological polar surface area (TPSA) is 55.0 Å². The van der Waals surface area contributed by atoms with Gasteiger partial charge in [-0.3, -0.25) is 0 Å². The van der Waals surface area contributed by atoms with Crippen molar-refractivity contribution in [3.63, 3.8) is 0 Å². The molecule has 20 heavy (non-hydrogen) atoms. The summed E-state index contributed by atoms with van der Waals surface area (Å²) < 4.78 is 0. The number of aryl methyl sites for hydroxylation is 1. The predicted octanol–water partition coefficient (Wildman–Crippen LogP) is 2.31. The zero-order chi connectivity index (χ0) is 13.9. The van der Waals surface area contributed by atoms with Crippen LogP contribution in [0.3, 0.4) is 0 Å². The van der Waals surface area contributed by atoms with Crippen molar-refractivity contribution in [2.24, 2.45) is 11.7 Å². The smallest absolute Gasteiger partial charge is 0.225 e. The highest BCUT2D eigenvalue weighted by Gasteiger charge is 2.25. The molecule has 0 amide bonds. The first kappa shape index (κ1) is 13.8. The second-order valence-electron chi connectivity index (χ2n) is 6.24. The number of rotatable bonds is 3. The Balaban J connectivity index is 1.81. The van der Waals surface area contributed by atoms with Crippen molar-refractivity contribution in [1.29, 1.82) is 0 Å². The molecule has 2 unspecified atom stereocenters. The fourth-order valence-electron chi connectivity index (χ4n) is 3.57. The molecule has 0 saturated carbocycles. The number of hydrogen-bond acceptors (Lipinski definition) is 4. The number of aromatic nitrogens is 2. The van der Waals surface area contributed by atoms with Crippen LogP contribution in [0.4, 0.5) is 5.95 Å². The van der Waals surface area contributed by atoms with Gasteiger partial charge in [0.1, 0.15) is 0 Å². The van der Waals surface area contributed by atoms with Gasteiger partial charge in [-0.25, -0.2) is 9.97 Å². The normalized spacial score (nSPS) is 26.4. The molecule has 2 atom stereocenters. The molecule has 1 aromatic heterocycles. The van der Waals surface area contributed by atoms with Gasteiger partial charge in [-0.2, -0.15) is 0 Å². The van der Waals surface area contributed by atoms with Gasteiger partial charge in [-0.05, 0) is 50.0 Å². The Morgan fingerprint density at radius 1 is 1.35 bits per heavy atom. The van der Waals surface area contributed by atoms with E-state index in [1.807, 2.05) is 0 Å². The van der Waals surface area contributed by atoms with Crippen molar-refractivity contribution >= 4 is 5.95 Å². The summed E-state index contributed by atoms with van der Waals surface area (Å²) >= 11 is 0. The van der Waals surface area contributed by atoms with Crippen molar-refractivity contribution in [2.75, 3.05) is 18.0 Å². The fourth-order valence-corrected chi connectivity index (χ4v) is 3.57. The van der Waals surface area contributed by atoms with Crippen LogP contribution in [0.15, 0.2) is 6.20 Å². The van der Waals surface area contributed by atoms with Crippen LogP contribution in [0.2, 0.25) is 0 Å². The molecule has 1 aliphatic carbocycles. The molecule has 2 heterocycles. The summed E-state index contributed by atoms with van der Waals surface area (Å²) in [4.78, 5) is 11.8. The molecule has 0 aromatic carbocycles. The molecule has 4 heteroatoms. The lowest BCUT2D eigenvalue weighted by Gasteiger charge is -2.35. The predicted molar refractivity (Wildman–Crippen MR) is 81.9 cm³/mol. The molecule has 1 fully saturated rings. The van der Waals surface area contributed by atoms with E-state index in [4.69, 9.17) is 10.7 Å². The second kappa shape index (κ2) is 6.08. The molecule has 2 N–H and O–H groups in total. The molecule has 110 valence electrons. The maximum absolute atomic E-state index is 5.91. The highest BCUT2D eigenvalue weighted by Crippen LogP contribution is 2.28. The molecule has 2 aliphatic rings. The van der Waals surface area contributed by atoms with Gasteiger partial charge in [0.2, 0.25) is 5.95 Å². The molecule has 1 aliphatic heterocycles. The van der Waals surface area contributed by atoms with Crippen molar-refractivity contribution in [3.8, 4) is 0 Å². The second-order valence-corrected chi connectivity index (χ2v) is 6.24. The molecule has 1 aromatic rings. The summed E-state index contributed by atoms with van der Waals surface area (Å²) in [5.41, 5.74) is 8.56. The van der Waals surface area contributed by atoms with E-state index in [2.05, 4.69) is 23.0 Å². The quantitative estimate of drug-likeness (QED) is 0.919. The Hall–Kier alpha value is -1.16. The summed E-state index contributed by atoms with van der Waals surface area (Å²) in [6, 6.07) is 0.425. The Labute approximate surface area is 121 Å². The Kier molecular flexibility index (Phi) is 4.20. The third-order valence-corrected chi connectivity index (χ3v) is 4.97. The zero-order valence-electron chi connectivity index (χ0n) is 12.5. The lowest BCUT2D eigenvalue weighted by molar-refractivity contribution is 0.433. The van der Waals surface area contributed by atoms with E-state index in [0.29, 0.717) is 12.6 Å². The maximum atomic E-state index is 5.91. The average Bonchev–Trinajstić information content (AvgIpc) is 2.53. The minimum Gasteiger partial charge on any atom is -0.337 e. The van der Waals surface area contributed by atoms with Crippen LogP contribution in [0.25, 0.3) is 0 Å². The number of nitrogens with two attached hydrogens (primary N) is 1. The van der Waals surface area contributed by atoms with Crippen molar-refractivity contribution in [3.05, 3.63) is 17.5 Å². The van der Waals surface area contributed by atoms with Crippen LogP contribution in [0.1, 0.15) is 50.3 Å². The van der Waals surface area contributed by atoms with E-state index in [9.17, 15) is 0 Å². The Morgan fingerprint density at radius 3 is 3.05 bits per heavy atom. The van der Waals surface area contributed by atoms with Crippen LogP contribution >= 0.6 is 0 Å². The summed E-state index contributed by atoms with van der Waals surface area (Å²) in [5, 5.41) is 0. The van der Waals surface area contributed by atoms with Crippen molar-refractivity contribution < 1.29 is 0 Å². The summed E-state index contributed by atoms with van der Waals surface area (Å²) in [6.45, 7) is 4.04. The van der Waals surface area contributed by atoms with E-state index >= 15 is 0 Å². The lowest BCUT2D eigenvalue weighted by atomic mass is 9.86. The number of nitrogens with zero attached hydrogens (tertiary/aromatic N) is 3. The minimum absolute atomic E-state index is 0.425. The highest BCUT2D eigenvalue weighted by atomic mass is 15.3. The Morgan fingerprint density at radius 2 is 2.25 bits per heavy atom. The fraction of sp³-hybridized carbons (Fsp3) is 0.750. The molecule has 0 bridgehead atoms. The van der Waals surface area contributed by atoms with Gasteiger partial charge in [0.15, 0.2) is 0 Å². The molecular weight excluding hydrogens is 248 g/mol. The van der Waals surface area contributed by atoms with Crippen molar-refractivity contribution in [2.45, 2.75) is 57.9 Å². The standard InChI is InChI=1S/C16H26N4/c1-2-12-6-7-15-13(9-12)11-18-16(19-15)20-8-4-3-5-14(20)10-17/h11-12,14H,2-10,17H2,1H3. The first-order valence-electron chi connectivity index (χ1n) is 8.13. The monoisotopic (exact) mass is 274 g/mol. The van der Waals surface area contributed by atoms with Crippen molar-refractivity contribution in [1.82, 2.24) is 9.97 Å². The van der Waals surface area contributed by atoms with Gasteiger partial charge in [0.25, 0.3) is 0 Å².